The van der Waals surface area contributed by atoms with Crippen molar-refractivity contribution in [2.24, 2.45) is 5.92 Å². The van der Waals surface area contributed by atoms with E-state index in [-0.39, 0.29) is 17.4 Å². The highest BCUT2D eigenvalue weighted by atomic mass is 16.6. The molecular weight excluding hydrogens is 594 g/mol. The zero-order chi connectivity index (χ0) is 33.9. The highest BCUT2D eigenvalue weighted by Gasteiger charge is 2.18. The van der Waals surface area contributed by atoms with Gasteiger partial charge in [-0.2, -0.15) is 0 Å². The van der Waals surface area contributed by atoms with E-state index in [1.807, 2.05) is 13.8 Å². The second-order valence-corrected chi connectivity index (χ2v) is 12.3. The molecule has 0 N–H and O–H groups in total. The van der Waals surface area contributed by atoms with Gasteiger partial charge < -0.3 is 14.2 Å². The molecule has 0 bridgehead atoms. The van der Waals surface area contributed by atoms with E-state index in [0.29, 0.717) is 35.7 Å². The lowest BCUT2D eigenvalue weighted by Crippen LogP contribution is -2.12. The molecule has 1 unspecified atom stereocenters. The molecule has 1 atom stereocenters. The predicted molar refractivity (Wildman–Crippen MR) is 186 cm³/mol. The number of carbonyl (C=O) groups excluding carboxylic acids is 2. The minimum Gasteiger partial charge on any atom is -0.487 e. The molecule has 3 aromatic rings. The van der Waals surface area contributed by atoms with Crippen LogP contribution in [0.5, 0.6) is 11.5 Å². The van der Waals surface area contributed by atoms with Crippen LogP contribution in [0.2, 0.25) is 0 Å². The summed E-state index contributed by atoms with van der Waals surface area (Å²) in [5, 5.41) is 11.8. The number of hydrogen-bond donors (Lipinski definition) is 0. The Hall–Kier alpha value is -4.20. The average molecular weight is 646 g/mol. The summed E-state index contributed by atoms with van der Waals surface area (Å²) in [5.74, 6) is -0.133. The van der Waals surface area contributed by atoms with Crippen LogP contribution >= 0.6 is 0 Å². The van der Waals surface area contributed by atoms with Gasteiger partial charge >= 0.3 is 17.6 Å². The van der Waals surface area contributed by atoms with Crippen LogP contribution in [0.15, 0.2) is 66.7 Å². The van der Waals surface area contributed by atoms with E-state index in [2.05, 4.69) is 6.92 Å². The predicted octanol–water partition coefficient (Wildman–Crippen LogP) is 10.8. The van der Waals surface area contributed by atoms with Crippen LogP contribution in [0.1, 0.15) is 125 Å². The fourth-order valence-electron chi connectivity index (χ4n) is 5.13. The standard InChI is InChI=1S/C39H51NO7/c1-4-6-7-8-9-10-11-12-13-14-15-16-27-45-37-26-23-34(28-36(37)40(43)44)31-17-19-33(20-18-31)39(42)47-35-24-21-32(22-25-35)38(41)46-29-30(3)5-2/h17-26,28,30H,4-16,27,29H2,1-3H3. The summed E-state index contributed by atoms with van der Waals surface area (Å²) in [6.45, 7) is 7.09. The molecule has 0 aliphatic rings. The van der Waals surface area contributed by atoms with Gasteiger partial charge in [0.1, 0.15) is 5.75 Å². The Kier molecular flexibility index (Phi) is 16.5. The number of nitro benzene ring substituents is 1. The van der Waals surface area contributed by atoms with Gasteiger partial charge in [-0.15, -0.1) is 0 Å². The molecule has 0 saturated heterocycles. The fourth-order valence-corrected chi connectivity index (χ4v) is 5.13. The normalized spacial score (nSPS) is 11.6. The average Bonchev–Trinajstić information content (AvgIpc) is 3.09. The van der Waals surface area contributed by atoms with Crippen LogP contribution in [0, 0.1) is 16.0 Å². The third kappa shape index (κ3) is 13.2. The van der Waals surface area contributed by atoms with E-state index in [9.17, 15) is 19.7 Å². The molecule has 0 aromatic heterocycles. The third-order valence-corrected chi connectivity index (χ3v) is 8.36. The minimum atomic E-state index is -0.559. The van der Waals surface area contributed by atoms with Crippen molar-refractivity contribution in [3.63, 3.8) is 0 Å². The minimum absolute atomic E-state index is 0.0860. The van der Waals surface area contributed by atoms with Crippen LogP contribution in [0.4, 0.5) is 5.69 Å². The first-order chi connectivity index (χ1) is 22.8. The lowest BCUT2D eigenvalue weighted by atomic mass is 10.0. The lowest BCUT2D eigenvalue weighted by Gasteiger charge is -2.10. The molecule has 254 valence electrons. The van der Waals surface area contributed by atoms with Gasteiger partial charge in [-0.05, 0) is 65.9 Å². The summed E-state index contributed by atoms with van der Waals surface area (Å²) in [7, 11) is 0. The number of nitro groups is 1. The van der Waals surface area contributed by atoms with Gasteiger partial charge in [0, 0.05) is 6.07 Å². The Morgan fingerprint density at radius 3 is 1.81 bits per heavy atom. The second kappa shape index (κ2) is 20.8. The van der Waals surface area contributed by atoms with E-state index >= 15 is 0 Å². The summed E-state index contributed by atoms with van der Waals surface area (Å²) < 4.78 is 16.6. The largest absolute Gasteiger partial charge is 0.487 e. The quantitative estimate of drug-likeness (QED) is 0.0352. The van der Waals surface area contributed by atoms with Crippen molar-refractivity contribution in [1.29, 1.82) is 0 Å². The van der Waals surface area contributed by atoms with Gasteiger partial charge in [0.2, 0.25) is 0 Å². The van der Waals surface area contributed by atoms with Crippen molar-refractivity contribution in [3.05, 3.63) is 88.0 Å². The first-order valence-electron chi connectivity index (χ1n) is 17.3. The molecule has 47 heavy (non-hydrogen) atoms. The van der Waals surface area contributed by atoms with Crippen molar-refractivity contribution in [1.82, 2.24) is 0 Å². The van der Waals surface area contributed by atoms with Gasteiger partial charge in [0.25, 0.3) is 0 Å². The van der Waals surface area contributed by atoms with E-state index in [4.69, 9.17) is 14.2 Å². The summed E-state index contributed by atoms with van der Waals surface area (Å²) in [6.07, 6.45) is 15.8. The Morgan fingerprint density at radius 2 is 1.23 bits per heavy atom. The van der Waals surface area contributed by atoms with Gasteiger partial charge in [0.15, 0.2) is 5.75 Å². The number of ether oxygens (including phenoxy) is 3. The molecule has 0 saturated carbocycles. The summed E-state index contributed by atoms with van der Waals surface area (Å²) in [5.41, 5.74) is 1.98. The first kappa shape index (κ1) is 37.3. The molecule has 3 aromatic carbocycles. The number of benzene rings is 3. The number of unbranched alkanes of at least 4 members (excludes halogenated alkanes) is 11. The molecular formula is C39H51NO7. The fraction of sp³-hybridized carbons (Fsp3) is 0.487. The van der Waals surface area contributed by atoms with Gasteiger partial charge in [-0.3, -0.25) is 10.1 Å². The van der Waals surface area contributed by atoms with Crippen molar-refractivity contribution < 1.29 is 28.7 Å². The van der Waals surface area contributed by atoms with Crippen molar-refractivity contribution in [2.45, 2.75) is 104 Å². The third-order valence-electron chi connectivity index (χ3n) is 8.36. The number of hydrogen-bond acceptors (Lipinski definition) is 7. The van der Waals surface area contributed by atoms with Crippen LogP contribution in [0.3, 0.4) is 0 Å². The highest BCUT2D eigenvalue weighted by Crippen LogP contribution is 2.33. The van der Waals surface area contributed by atoms with Gasteiger partial charge in [-0.25, -0.2) is 9.59 Å². The topological polar surface area (TPSA) is 105 Å². The smallest absolute Gasteiger partial charge is 0.343 e. The molecule has 0 radical (unpaired) electrons. The highest BCUT2D eigenvalue weighted by molar-refractivity contribution is 5.92. The Morgan fingerprint density at radius 1 is 0.702 bits per heavy atom. The summed E-state index contributed by atoms with van der Waals surface area (Å²) in [6, 6.07) is 17.8. The lowest BCUT2D eigenvalue weighted by molar-refractivity contribution is -0.385. The first-order valence-corrected chi connectivity index (χ1v) is 17.3. The molecule has 8 heteroatoms. The Bertz CT molecular complexity index is 1390. The van der Waals surface area contributed by atoms with Crippen molar-refractivity contribution in [2.75, 3.05) is 13.2 Å². The zero-order valence-electron chi connectivity index (χ0n) is 28.3. The molecule has 0 fully saturated rings. The Labute approximate surface area is 280 Å². The number of nitrogens with zero attached hydrogens (tertiary/aromatic N) is 1. The maximum atomic E-state index is 12.7. The molecule has 0 aliphatic carbocycles. The zero-order valence-corrected chi connectivity index (χ0v) is 28.3. The van der Waals surface area contributed by atoms with Crippen molar-refractivity contribution >= 4 is 17.6 Å². The number of rotatable bonds is 22. The Balaban J connectivity index is 1.45. The van der Waals surface area contributed by atoms with E-state index in [1.165, 1.54) is 63.9 Å². The van der Waals surface area contributed by atoms with Crippen LogP contribution in [-0.4, -0.2) is 30.1 Å². The molecule has 3 rings (SSSR count). The molecule has 8 nitrogen and oxygen atoms in total. The monoisotopic (exact) mass is 645 g/mol. The summed E-state index contributed by atoms with van der Waals surface area (Å²) >= 11 is 0. The second-order valence-electron chi connectivity index (χ2n) is 12.3. The van der Waals surface area contributed by atoms with Crippen LogP contribution < -0.4 is 9.47 Å². The molecule has 0 amide bonds. The molecule has 0 spiro atoms. The number of carbonyl (C=O) groups is 2. The van der Waals surface area contributed by atoms with Crippen LogP contribution in [0.25, 0.3) is 11.1 Å². The van der Waals surface area contributed by atoms with Gasteiger partial charge in [0.05, 0.1) is 29.3 Å². The maximum Gasteiger partial charge on any atom is 0.343 e. The SMILES string of the molecule is CCCCCCCCCCCCCCOc1ccc(-c2ccc(C(=O)Oc3ccc(C(=O)OCC(C)CC)cc3)cc2)cc1[N+](=O)[O-]. The maximum absolute atomic E-state index is 12.7. The number of esters is 2. The van der Waals surface area contributed by atoms with Crippen LogP contribution in [-0.2, 0) is 4.74 Å². The van der Waals surface area contributed by atoms with Gasteiger partial charge in [-0.1, -0.05) is 116 Å². The van der Waals surface area contributed by atoms with E-state index < -0.39 is 16.9 Å². The van der Waals surface area contributed by atoms with Crippen molar-refractivity contribution in [3.8, 4) is 22.6 Å². The van der Waals surface area contributed by atoms with E-state index in [1.54, 1.807) is 60.7 Å². The molecule has 0 aliphatic heterocycles. The molecule has 0 heterocycles. The summed E-state index contributed by atoms with van der Waals surface area (Å²) in [4.78, 5) is 36.3. The van der Waals surface area contributed by atoms with E-state index in [0.717, 1.165) is 31.2 Å².